The van der Waals surface area contributed by atoms with Crippen LogP contribution in [0.3, 0.4) is 0 Å². The molecule has 0 bridgehead atoms. The topological polar surface area (TPSA) is 29.5 Å². The Hall–Kier alpha value is -1.18. The van der Waals surface area contributed by atoms with Crippen LogP contribution in [0.2, 0.25) is 0 Å². The van der Waals surface area contributed by atoms with Crippen LogP contribution in [0.5, 0.6) is 11.5 Å². The Morgan fingerprint density at radius 3 is 1.94 bits per heavy atom. The second-order valence-corrected chi connectivity index (χ2v) is 11.9. The molecule has 2 heteroatoms. The summed E-state index contributed by atoms with van der Waals surface area (Å²) >= 11 is 0. The van der Waals surface area contributed by atoms with Crippen molar-refractivity contribution in [3.8, 4) is 11.5 Å². The molecule has 1 aliphatic heterocycles. The number of phenols is 1. The standard InChI is InChI=1S/C30H52O2/c1-20(2)13-10-14-21(3)15-11-16-22(4)17-12-18-30(9)23(5)19-27-26(8)28(31)24(6)25(7)29(27)32-30/h20-23,31H,10-19H2,1-9H3. The smallest absolute Gasteiger partial charge is 0.127 e. The van der Waals surface area contributed by atoms with Gasteiger partial charge in [0.25, 0.3) is 0 Å². The molecule has 0 fully saturated rings. The van der Waals surface area contributed by atoms with Gasteiger partial charge in [-0.3, -0.25) is 0 Å². The van der Waals surface area contributed by atoms with Crippen LogP contribution in [0.1, 0.15) is 122 Å². The molecule has 184 valence electrons. The van der Waals surface area contributed by atoms with Gasteiger partial charge in [-0.05, 0) is 87.3 Å². The quantitative estimate of drug-likeness (QED) is 0.348. The monoisotopic (exact) mass is 444 g/mol. The van der Waals surface area contributed by atoms with E-state index in [0.717, 1.165) is 53.0 Å². The molecule has 4 atom stereocenters. The molecule has 1 aliphatic rings. The van der Waals surface area contributed by atoms with Crippen molar-refractivity contribution in [3.05, 3.63) is 22.3 Å². The first-order chi connectivity index (χ1) is 15.0. The first kappa shape index (κ1) is 27.1. The number of phenolic OH excluding ortho intramolecular Hbond substituents is 1. The first-order valence-electron chi connectivity index (χ1n) is 13.5. The third-order valence-electron chi connectivity index (χ3n) is 8.47. The fraction of sp³-hybridized carbons (Fsp3) is 0.800. The number of hydrogen-bond acceptors (Lipinski definition) is 2. The Morgan fingerprint density at radius 2 is 1.38 bits per heavy atom. The van der Waals surface area contributed by atoms with Crippen LogP contribution in [0, 0.1) is 44.4 Å². The number of benzene rings is 1. The maximum atomic E-state index is 10.5. The highest BCUT2D eigenvalue weighted by Gasteiger charge is 2.39. The van der Waals surface area contributed by atoms with E-state index in [4.69, 9.17) is 4.74 Å². The molecule has 32 heavy (non-hydrogen) atoms. The highest BCUT2D eigenvalue weighted by molar-refractivity contribution is 5.58. The molecule has 1 heterocycles. The summed E-state index contributed by atoms with van der Waals surface area (Å²) < 4.78 is 6.72. The van der Waals surface area contributed by atoms with Gasteiger partial charge in [-0.15, -0.1) is 0 Å². The summed E-state index contributed by atoms with van der Waals surface area (Å²) in [6.07, 6.45) is 12.9. The van der Waals surface area contributed by atoms with Crippen LogP contribution in [-0.4, -0.2) is 10.7 Å². The van der Waals surface area contributed by atoms with Crippen molar-refractivity contribution in [1.29, 1.82) is 0 Å². The summed E-state index contributed by atoms with van der Waals surface area (Å²) in [6, 6.07) is 0. The minimum Gasteiger partial charge on any atom is -0.507 e. The van der Waals surface area contributed by atoms with Gasteiger partial charge < -0.3 is 9.84 Å². The number of hydrogen-bond donors (Lipinski definition) is 1. The van der Waals surface area contributed by atoms with Crippen molar-refractivity contribution in [2.24, 2.45) is 23.7 Å². The molecule has 0 aliphatic carbocycles. The van der Waals surface area contributed by atoms with Crippen molar-refractivity contribution in [3.63, 3.8) is 0 Å². The number of aromatic hydroxyl groups is 1. The van der Waals surface area contributed by atoms with Gasteiger partial charge in [0.2, 0.25) is 0 Å². The molecule has 0 spiro atoms. The summed E-state index contributed by atoms with van der Waals surface area (Å²) in [5, 5.41) is 10.5. The lowest BCUT2D eigenvalue weighted by Gasteiger charge is -2.43. The third kappa shape index (κ3) is 6.91. The molecule has 1 aromatic rings. The number of fused-ring (bicyclic) bond motifs is 1. The molecule has 2 rings (SSSR count). The first-order valence-corrected chi connectivity index (χ1v) is 13.5. The fourth-order valence-corrected chi connectivity index (χ4v) is 5.49. The van der Waals surface area contributed by atoms with Crippen molar-refractivity contribution >= 4 is 0 Å². The van der Waals surface area contributed by atoms with Crippen molar-refractivity contribution in [1.82, 2.24) is 0 Å². The van der Waals surface area contributed by atoms with Crippen LogP contribution in [0.4, 0.5) is 0 Å². The molecule has 0 radical (unpaired) electrons. The minimum atomic E-state index is -0.113. The lowest BCUT2D eigenvalue weighted by Crippen LogP contribution is -2.44. The molecule has 0 aromatic heterocycles. The summed E-state index contributed by atoms with van der Waals surface area (Å²) in [5.74, 6) is 4.47. The summed E-state index contributed by atoms with van der Waals surface area (Å²) in [4.78, 5) is 0. The SMILES string of the molecule is Cc1c(C)c2c(c(C)c1O)CC(C)C(C)(CCCC(C)CCCC(C)CCCC(C)C)O2. The molecule has 1 N–H and O–H groups in total. The Balaban J connectivity index is 1.80. The Morgan fingerprint density at radius 1 is 0.844 bits per heavy atom. The van der Waals surface area contributed by atoms with Gasteiger partial charge >= 0.3 is 0 Å². The molecule has 0 saturated carbocycles. The zero-order valence-corrected chi connectivity index (χ0v) is 22.7. The second kappa shape index (κ2) is 11.8. The molecule has 0 saturated heterocycles. The molecule has 2 nitrogen and oxygen atoms in total. The van der Waals surface area contributed by atoms with Crippen LogP contribution < -0.4 is 4.74 Å². The average Bonchev–Trinajstić information content (AvgIpc) is 2.72. The predicted octanol–water partition coefficient (Wildman–Crippen LogP) is 9.09. The van der Waals surface area contributed by atoms with E-state index in [1.54, 1.807) is 0 Å². The van der Waals surface area contributed by atoms with Crippen LogP contribution >= 0.6 is 0 Å². The lowest BCUT2D eigenvalue weighted by atomic mass is 9.77. The molecule has 1 aromatic carbocycles. The van der Waals surface area contributed by atoms with E-state index in [1.807, 2.05) is 13.8 Å². The number of ether oxygens (including phenoxy) is 1. The van der Waals surface area contributed by atoms with E-state index in [9.17, 15) is 5.11 Å². The second-order valence-electron chi connectivity index (χ2n) is 11.9. The fourth-order valence-electron chi connectivity index (χ4n) is 5.49. The maximum absolute atomic E-state index is 10.5. The van der Waals surface area contributed by atoms with Crippen molar-refractivity contribution in [2.75, 3.05) is 0 Å². The van der Waals surface area contributed by atoms with Crippen LogP contribution in [0.25, 0.3) is 0 Å². The van der Waals surface area contributed by atoms with E-state index < -0.39 is 0 Å². The van der Waals surface area contributed by atoms with Gasteiger partial charge in [0.1, 0.15) is 17.1 Å². The number of rotatable bonds is 12. The predicted molar refractivity (Wildman–Crippen MR) is 139 cm³/mol. The Bertz CT molecular complexity index is 735. The van der Waals surface area contributed by atoms with Gasteiger partial charge in [-0.1, -0.05) is 79.6 Å². The van der Waals surface area contributed by atoms with E-state index in [1.165, 1.54) is 56.9 Å². The molecular formula is C30H52O2. The van der Waals surface area contributed by atoms with Gasteiger partial charge in [0.15, 0.2) is 0 Å². The van der Waals surface area contributed by atoms with Crippen LogP contribution in [0.15, 0.2) is 0 Å². The molecule has 4 unspecified atom stereocenters. The largest absolute Gasteiger partial charge is 0.507 e. The van der Waals surface area contributed by atoms with Gasteiger partial charge in [0.05, 0.1) is 0 Å². The zero-order chi connectivity index (χ0) is 24.1. The summed E-state index contributed by atoms with van der Waals surface area (Å²) in [6.45, 7) is 20.3. The Labute approximate surface area is 199 Å². The normalized spacial score (nSPS) is 22.5. The minimum absolute atomic E-state index is 0.113. The lowest BCUT2D eigenvalue weighted by molar-refractivity contribution is 0.00546. The molecule has 0 amide bonds. The highest BCUT2D eigenvalue weighted by atomic mass is 16.5. The van der Waals surface area contributed by atoms with E-state index in [2.05, 4.69) is 48.5 Å². The maximum Gasteiger partial charge on any atom is 0.127 e. The molecular weight excluding hydrogens is 392 g/mol. The van der Waals surface area contributed by atoms with Gasteiger partial charge in [-0.2, -0.15) is 0 Å². The third-order valence-corrected chi connectivity index (χ3v) is 8.47. The Kier molecular flexibility index (Phi) is 9.98. The zero-order valence-electron chi connectivity index (χ0n) is 22.7. The van der Waals surface area contributed by atoms with Crippen LogP contribution in [-0.2, 0) is 6.42 Å². The van der Waals surface area contributed by atoms with Crippen molar-refractivity contribution < 1.29 is 9.84 Å². The summed E-state index contributed by atoms with van der Waals surface area (Å²) in [7, 11) is 0. The summed E-state index contributed by atoms with van der Waals surface area (Å²) in [5.41, 5.74) is 4.18. The average molecular weight is 445 g/mol. The van der Waals surface area contributed by atoms with Gasteiger partial charge in [0, 0.05) is 5.56 Å². The van der Waals surface area contributed by atoms with Gasteiger partial charge in [-0.25, -0.2) is 0 Å². The van der Waals surface area contributed by atoms with Crippen molar-refractivity contribution in [2.45, 2.75) is 132 Å². The van der Waals surface area contributed by atoms with E-state index in [0.29, 0.717) is 11.7 Å². The van der Waals surface area contributed by atoms with E-state index >= 15 is 0 Å². The van der Waals surface area contributed by atoms with E-state index in [-0.39, 0.29) is 5.60 Å². The highest BCUT2D eigenvalue weighted by Crippen LogP contribution is 2.46.